The second kappa shape index (κ2) is 6.35. The number of benzene rings is 1. The fraction of sp³-hybridized carbons (Fsp3) is 0.111. The van der Waals surface area contributed by atoms with Crippen molar-refractivity contribution >= 4 is 11.6 Å². The van der Waals surface area contributed by atoms with E-state index in [9.17, 15) is 13.2 Å². The predicted octanol–water partition coefficient (Wildman–Crippen LogP) is 3.49. The van der Waals surface area contributed by atoms with E-state index in [4.69, 9.17) is 5.73 Å². The molecule has 4 rings (SSSR count). The van der Waals surface area contributed by atoms with E-state index in [1.54, 1.807) is 13.0 Å². The van der Waals surface area contributed by atoms with Gasteiger partial charge in [0.15, 0.2) is 5.65 Å². The molecular formula is C18H13F3N6. The summed E-state index contributed by atoms with van der Waals surface area (Å²) in [4.78, 5) is 8.39. The average molecular weight is 370 g/mol. The number of aromatic nitrogens is 5. The fourth-order valence-electron chi connectivity index (χ4n) is 3.00. The van der Waals surface area contributed by atoms with Crippen molar-refractivity contribution in [1.82, 2.24) is 24.6 Å². The Labute approximate surface area is 151 Å². The summed E-state index contributed by atoms with van der Waals surface area (Å²) in [5.74, 6) is -1.48. The molecule has 2 N–H and O–H groups in total. The van der Waals surface area contributed by atoms with Crippen LogP contribution in [0.5, 0.6) is 0 Å². The van der Waals surface area contributed by atoms with Gasteiger partial charge in [0.1, 0.15) is 24.6 Å². The molecule has 6 nitrogen and oxygen atoms in total. The van der Waals surface area contributed by atoms with Gasteiger partial charge in [-0.25, -0.2) is 18.2 Å². The van der Waals surface area contributed by atoms with Crippen LogP contribution in [0.4, 0.5) is 19.1 Å². The van der Waals surface area contributed by atoms with Crippen molar-refractivity contribution in [2.24, 2.45) is 0 Å². The van der Waals surface area contributed by atoms with Gasteiger partial charge in [-0.15, -0.1) is 10.2 Å². The summed E-state index contributed by atoms with van der Waals surface area (Å²) in [7, 11) is 0. The molecule has 3 heterocycles. The summed E-state index contributed by atoms with van der Waals surface area (Å²) in [6.45, 7) is 0.951. The number of nitrogens with two attached hydrogens (primary N) is 1. The minimum Gasteiger partial charge on any atom is -0.369 e. The first-order valence-electron chi connectivity index (χ1n) is 7.96. The van der Waals surface area contributed by atoms with Crippen LogP contribution in [0.1, 0.15) is 11.4 Å². The number of anilines is 1. The Morgan fingerprint density at radius 3 is 2.67 bits per heavy atom. The topological polar surface area (TPSA) is 82.0 Å². The summed E-state index contributed by atoms with van der Waals surface area (Å²) in [5.41, 5.74) is 8.17. The number of fused-ring (bicyclic) bond motifs is 1. The first-order valence-corrected chi connectivity index (χ1v) is 7.96. The maximum absolute atomic E-state index is 14.5. The van der Waals surface area contributed by atoms with E-state index in [0.717, 1.165) is 12.1 Å². The number of nitrogen functional groups attached to an aromatic ring is 1. The monoisotopic (exact) mass is 370 g/mol. The summed E-state index contributed by atoms with van der Waals surface area (Å²) in [6.07, 6.45) is 1.37. The first-order chi connectivity index (χ1) is 13.0. The quantitative estimate of drug-likeness (QED) is 0.597. The lowest BCUT2D eigenvalue weighted by atomic mass is 9.99. The fourth-order valence-corrected chi connectivity index (χ4v) is 3.00. The average Bonchev–Trinajstić information content (AvgIpc) is 3.11. The summed E-state index contributed by atoms with van der Waals surface area (Å²) < 4.78 is 42.5. The van der Waals surface area contributed by atoms with Gasteiger partial charge < -0.3 is 5.73 Å². The smallest absolute Gasteiger partial charge is 0.207 e. The van der Waals surface area contributed by atoms with Crippen molar-refractivity contribution in [1.29, 1.82) is 0 Å². The van der Waals surface area contributed by atoms with Gasteiger partial charge in [-0.3, -0.25) is 9.38 Å². The third-order valence-electron chi connectivity index (χ3n) is 4.10. The van der Waals surface area contributed by atoms with Crippen molar-refractivity contribution in [2.75, 3.05) is 5.73 Å². The lowest BCUT2D eigenvalue weighted by molar-refractivity contribution is 0.475. The Hall–Kier alpha value is -3.49. The predicted molar refractivity (Wildman–Crippen MR) is 93.3 cm³/mol. The molecule has 0 unspecified atom stereocenters. The number of pyridine rings is 1. The van der Waals surface area contributed by atoms with Crippen LogP contribution in [0, 0.1) is 18.6 Å². The third kappa shape index (κ3) is 2.86. The number of hydrogen-bond donors (Lipinski definition) is 1. The molecule has 0 saturated carbocycles. The number of alkyl halides is 1. The van der Waals surface area contributed by atoms with E-state index in [0.29, 0.717) is 22.5 Å². The van der Waals surface area contributed by atoms with E-state index in [1.807, 2.05) is 0 Å². The third-order valence-corrected chi connectivity index (χ3v) is 4.10. The SMILES string of the molecule is Cc1cc(-c2c(-c3ccc(F)cc3F)nc(N)n3cnnc23)cc(CF)n1. The molecule has 0 spiro atoms. The van der Waals surface area contributed by atoms with Crippen LogP contribution in [0.15, 0.2) is 36.7 Å². The molecule has 0 aliphatic heterocycles. The largest absolute Gasteiger partial charge is 0.369 e. The van der Waals surface area contributed by atoms with Crippen LogP contribution in [-0.2, 0) is 6.67 Å². The normalized spacial score (nSPS) is 11.3. The van der Waals surface area contributed by atoms with Crippen LogP contribution in [0.2, 0.25) is 0 Å². The number of hydrogen-bond acceptors (Lipinski definition) is 5. The van der Waals surface area contributed by atoms with Crippen LogP contribution < -0.4 is 5.73 Å². The van der Waals surface area contributed by atoms with Crippen LogP contribution >= 0.6 is 0 Å². The molecule has 1 aromatic carbocycles. The molecule has 0 aliphatic carbocycles. The highest BCUT2D eigenvalue weighted by atomic mass is 19.1. The molecule has 0 atom stereocenters. The Morgan fingerprint density at radius 2 is 1.93 bits per heavy atom. The molecular weight excluding hydrogens is 357 g/mol. The summed E-state index contributed by atoms with van der Waals surface area (Å²) in [6, 6.07) is 6.38. The van der Waals surface area contributed by atoms with Crippen molar-refractivity contribution < 1.29 is 13.2 Å². The second-order valence-corrected chi connectivity index (χ2v) is 5.96. The molecule has 0 saturated heterocycles. The molecule has 9 heteroatoms. The Balaban J connectivity index is 2.11. The van der Waals surface area contributed by atoms with Gasteiger partial charge in [0, 0.05) is 17.3 Å². The highest BCUT2D eigenvalue weighted by Gasteiger charge is 2.21. The van der Waals surface area contributed by atoms with Crippen LogP contribution in [-0.4, -0.2) is 24.6 Å². The van der Waals surface area contributed by atoms with E-state index in [2.05, 4.69) is 20.2 Å². The van der Waals surface area contributed by atoms with Gasteiger partial charge in [-0.05, 0) is 36.8 Å². The van der Waals surface area contributed by atoms with Gasteiger partial charge in [-0.2, -0.15) is 0 Å². The zero-order valence-electron chi connectivity index (χ0n) is 14.1. The number of aryl methyl sites for hydroxylation is 1. The summed E-state index contributed by atoms with van der Waals surface area (Å²) >= 11 is 0. The zero-order chi connectivity index (χ0) is 19.1. The standard InChI is InChI=1S/C18H13F3N6/c1-9-4-10(5-12(7-19)24-9)15-16(13-3-2-11(20)6-14(13)21)25-18(22)27-8-23-26-17(15)27/h2-6,8H,7H2,1H3,(H2,22,25). The van der Waals surface area contributed by atoms with Crippen molar-refractivity contribution in [3.8, 4) is 22.4 Å². The Kier molecular flexibility index (Phi) is 3.98. The molecule has 0 amide bonds. The lowest BCUT2D eigenvalue weighted by Gasteiger charge is -2.14. The van der Waals surface area contributed by atoms with E-state index in [-0.39, 0.29) is 22.9 Å². The van der Waals surface area contributed by atoms with E-state index >= 15 is 0 Å². The maximum atomic E-state index is 14.5. The lowest BCUT2D eigenvalue weighted by Crippen LogP contribution is -2.05. The molecule has 0 radical (unpaired) electrons. The Morgan fingerprint density at radius 1 is 1.11 bits per heavy atom. The number of rotatable bonds is 3. The van der Waals surface area contributed by atoms with Gasteiger partial charge in [0.25, 0.3) is 0 Å². The Bertz CT molecular complexity index is 1170. The van der Waals surface area contributed by atoms with Gasteiger partial charge >= 0.3 is 0 Å². The summed E-state index contributed by atoms with van der Waals surface area (Å²) in [5, 5.41) is 7.89. The molecule has 3 aromatic heterocycles. The van der Waals surface area contributed by atoms with Gasteiger partial charge in [0.05, 0.1) is 17.0 Å². The van der Waals surface area contributed by atoms with E-state index in [1.165, 1.54) is 22.9 Å². The molecule has 0 fully saturated rings. The second-order valence-electron chi connectivity index (χ2n) is 5.96. The zero-order valence-corrected chi connectivity index (χ0v) is 14.1. The maximum Gasteiger partial charge on any atom is 0.207 e. The van der Waals surface area contributed by atoms with Crippen molar-refractivity contribution in [2.45, 2.75) is 13.6 Å². The van der Waals surface area contributed by atoms with Crippen molar-refractivity contribution in [3.05, 3.63) is 59.7 Å². The first kappa shape index (κ1) is 17.0. The van der Waals surface area contributed by atoms with Crippen molar-refractivity contribution in [3.63, 3.8) is 0 Å². The van der Waals surface area contributed by atoms with Gasteiger partial charge in [-0.1, -0.05) is 0 Å². The molecule has 136 valence electrons. The minimum absolute atomic E-state index is 0.0361. The van der Waals surface area contributed by atoms with Gasteiger partial charge in [0.2, 0.25) is 5.95 Å². The number of halogens is 3. The number of nitrogens with zero attached hydrogens (tertiary/aromatic N) is 5. The molecule has 0 bridgehead atoms. The highest BCUT2D eigenvalue weighted by molar-refractivity contribution is 5.91. The van der Waals surface area contributed by atoms with Crippen LogP contribution in [0.3, 0.4) is 0 Å². The molecule has 0 aliphatic rings. The molecule has 4 aromatic rings. The highest BCUT2D eigenvalue weighted by Crippen LogP contribution is 2.36. The van der Waals surface area contributed by atoms with Crippen LogP contribution in [0.25, 0.3) is 28.0 Å². The minimum atomic E-state index is -0.802. The molecule has 27 heavy (non-hydrogen) atoms. The van der Waals surface area contributed by atoms with E-state index < -0.39 is 18.3 Å².